The number of aryl methyl sites for hydroxylation is 1. The Morgan fingerprint density at radius 3 is 2.82 bits per heavy atom. The quantitative estimate of drug-likeness (QED) is 0.939. The van der Waals surface area contributed by atoms with Gasteiger partial charge in [-0.05, 0) is 49.8 Å². The fraction of sp³-hybridized carbons (Fsp3) is 0.412. The minimum absolute atomic E-state index is 0.315. The Hall–Kier alpha value is -2.14. The molecule has 0 unspecified atom stereocenters. The third-order valence-corrected chi connectivity index (χ3v) is 4.11. The summed E-state index contributed by atoms with van der Waals surface area (Å²) in [5, 5.41) is 9.56. The fourth-order valence-corrected chi connectivity index (χ4v) is 3.07. The maximum atomic E-state index is 12.3. The molecule has 1 aliphatic rings. The lowest BCUT2D eigenvalue weighted by molar-refractivity contribution is 0.0662. The van der Waals surface area contributed by atoms with Gasteiger partial charge in [-0.15, -0.1) is 0 Å². The van der Waals surface area contributed by atoms with E-state index in [1.54, 1.807) is 0 Å². The standard InChI is InChI=1S/C17H18O5/c1-2-21-9-13-11-6-4-3-5-10(11)7-12-14(18)8-15(17(19)20)22-16(12)13/h7-8H,2-6,9H2,1H3,(H,19,20). The monoisotopic (exact) mass is 302 g/mol. The SMILES string of the molecule is CCOCc1c2c(cc3c(=O)cc(C(=O)O)oc13)CCCC2. The Labute approximate surface area is 127 Å². The van der Waals surface area contributed by atoms with Crippen molar-refractivity contribution in [2.75, 3.05) is 6.61 Å². The first-order valence-corrected chi connectivity index (χ1v) is 7.54. The van der Waals surface area contributed by atoms with Crippen LogP contribution >= 0.6 is 0 Å². The molecule has 116 valence electrons. The zero-order chi connectivity index (χ0) is 15.7. The van der Waals surface area contributed by atoms with Gasteiger partial charge in [0, 0.05) is 18.2 Å². The molecule has 1 aliphatic carbocycles. The lowest BCUT2D eigenvalue weighted by Crippen LogP contribution is -2.13. The molecule has 1 aromatic carbocycles. The Morgan fingerprint density at radius 1 is 1.32 bits per heavy atom. The molecule has 0 atom stereocenters. The highest BCUT2D eigenvalue weighted by Crippen LogP contribution is 2.31. The van der Waals surface area contributed by atoms with Crippen LogP contribution in [0.2, 0.25) is 0 Å². The molecule has 0 amide bonds. The molecule has 0 saturated carbocycles. The van der Waals surface area contributed by atoms with Crippen molar-refractivity contribution in [1.29, 1.82) is 0 Å². The maximum absolute atomic E-state index is 12.3. The van der Waals surface area contributed by atoms with E-state index < -0.39 is 5.97 Å². The molecule has 1 aromatic heterocycles. The first-order valence-electron chi connectivity index (χ1n) is 7.54. The molecule has 0 radical (unpaired) electrons. The Morgan fingerprint density at radius 2 is 2.09 bits per heavy atom. The average Bonchev–Trinajstić information content (AvgIpc) is 2.52. The van der Waals surface area contributed by atoms with E-state index in [1.807, 2.05) is 13.0 Å². The van der Waals surface area contributed by atoms with Gasteiger partial charge in [0.25, 0.3) is 0 Å². The molecule has 0 aliphatic heterocycles. The first kappa shape index (κ1) is 14.8. The van der Waals surface area contributed by atoms with Gasteiger partial charge < -0.3 is 14.3 Å². The molecule has 1 heterocycles. The molecule has 22 heavy (non-hydrogen) atoms. The molecule has 5 heteroatoms. The van der Waals surface area contributed by atoms with Gasteiger partial charge in [-0.3, -0.25) is 4.79 Å². The van der Waals surface area contributed by atoms with Crippen LogP contribution in [-0.4, -0.2) is 17.7 Å². The normalized spacial score (nSPS) is 14.0. The summed E-state index contributed by atoms with van der Waals surface area (Å²) in [5.41, 5.74) is 3.18. The zero-order valence-electron chi connectivity index (χ0n) is 12.5. The van der Waals surface area contributed by atoms with Crippen LogP contribution in [0.5, 0.6) is 0 Å². The molecule has 0 saturated heterocycles. The van der Waals surface area contributed by atoms with Gasteiger partial charge in [-0.1, -0.05) is 0 Å². The first-order chi connectivity index (χ1) is 10.6. The number of carboxylic acids is 1. The van der Waals surface area contributed by atoms with Crippen LogP contribution in [0, 0.1) is 0 Å². The highest BCUT2D eigenvalue weighted by molar-refractivity contribution is 5.89. The number of carboxylic acid groups (broad SMARTS) is 1. The van der Waals surface area contributed by atoms with Crippen molar-refractivity contribution in [3.63, 3.8) is 0 Å². The molecule has 5 nitrogen and oxygen atoms in total. The molecule has 0 fully saturated rings. The lowest BCUT2D eigenvalue weighted by atomic mass is 9.87. The van der Waals surface area contributed by atoms with Crippen molar-refractivity contribution in [3.05, 3.63) is 44.8 Å². The van der Waals surface area contributed by atoms with E-state index in [-0.39, 0.29) is 11.2 Å². The van der Waals surface area contributed by atoms with E-state index in [0.29, 0.717) is 24.2 Å². The number of carbonyl (C=O) groups is 1. The van der Waals surface area contributed by atoms with Gasteiger partial charge in [0.15, 0.2) is 5.43 Å². The second kappa shape index (κ2) is 5.93. The van der Waals surface area contributed by atoms with Crippen LogP contribution in [0.15, 0.2) is 21.3 Å². The van der Waals surface area contributed by atoms with E-state index in [4.69, 9.17) is 14.3 Å². The van der Waals surface area contributed by atoms with E-state index in [0.717, 1.165) is 48.4 Å². The van der Waals surface area contributed by atoms with Gasteiger partial charge in [0.2, 0.25) is 5.76 Å². The molecule has 1 N–H and O–H groups in total. The molecule has 0 spiro atoms. The van der Waals surface area contributed by atoms with Crippen molar-refractivity contribution < 1.29 is 19.1 Å². The molecule has 3 rings (SSSR count). The van der Waals surface area contributed by atoms with Crippen molar-refractivity contribution >= 4 is 16.9 Å². The van der Waals surface area contributed by atoms with Crippen LogP contribution in [0.25, 0.3) is 11.0 Å². The van der Waals surface area contributed by atoms with Crippen molar-refractivity contribution in [3.8, 4) is 0 Å². The molecule has 0 bridgehead atoms. The summed E-state index contributed by atoms with van der Waals surface area (Å²) in [4.78, 5) is 23.4. The largest absolute Gasteiger partial charge is 0.475 e. The van der Waals surface area contributed by atoms with Crippen LogP contribution in [-0.2, 0) is 24.2 Å². The summed E-state index contributed by atoms with van der Waals surface area (Å²) in [6, 6.07) is 2.90. The van der Waals surface area contributed by atoms with Crippen molar-refractivity contribution in [1.82, 2.24) is 0 Å². The van der Waals surface area contributed by atoms with Crippen molar-refractivity contribution in [2.45, 2.75) is 39.2 Å². The Bertz CT molecular complexity index is 788. The third-order valence-electron chi connectivity index (χ3n) is 4.11. The zero-order valence-corrected chi connectivity index (χ0v) is 12.5. The number of aromatic carboxylic acids is 1. The van der Waals surface area contributed by atoms with E-state index in [2.05, 4.69) is 0 Å². The van der Waals surface area contributed by atoms with Crippen LogP contribution in [0.3, 0.4) is 0 Å². The minimum Gasteiger partial charge on any atom is -0.475 e. The topological polar surface area (TPSA) is 76.7 Å². The summed E-state index contributed by atoms with van der Waals surface area (Å²) < 4.78 is 11.0. The molecular formula is C17H18O5. The highest BCUT2D eigenvalue weighted by atomic mass is 16.5. The summed E-state index contributed by atoms with van der Waals surface area (Å²) in [6.07, 6.45) is 4.03. The van der Waals surface area contributed by atoms with Crippen LogP contribution in [0.1, 0.15) is 47.0 Å². The second-order valence-corrected chi connectivity index (χ2v) is 5.49. The minimum atomic E-state index is -1.24. The Kier molecular flexibility index (Phi) is 3.98. The lowest BCUT2D eigenvalue weighted by Gasteiger charge is -2.20. The van der Waals surface area contributed by atoms with Crippen LogP contribution < -0.4 is 5.43 Å². The van der Waals surface area contributed by atoms with Gasteiger partial charge in [-0.2, -0.15) is 0 Å². The number of rotatable bonds is 4. The number of ether oxygens (including phenoxy) is 1. The van der Waals surface area contributed by atoms with Crippen LogP contribution in [0.4, 0.5) is 0 Å². The number of hydrogen-bond acceptors (Lipinski definition) is 4. The summed E-state index contributed by atoms with van der Waals surface area (Å²) in [5.74, 6) is -1.56. The summed E-state index contributed by atoms with van der Waals surface area (Å²) in [6.45, 7) is 2.78. The average molecular weight is 302 g/mol. The third kappa shape index (κ3) is 2.52. The number of hydrogen-bond donors (Lipinski definition) is 1. The predicted molar refractivity (Wildman–Crippen MR) is 81.4 cm³/mol. The smallest absolute Gasteiger partial charge is 0.371 e. The molecule has 2 aromatic rings. The maximum Gasteiger partial charge on any atom is 0.371 e. The summed E-state index contributed by atoms with van der Waals surface area (Å²) in [7, 11) is 0. The van der Waals surface area contributed by atoms with Gasteiger partial charge in [-0.25, -0.2) is 4.79 Å². The van der Waals surface area contributed by atoms with E-state index >= 15 is 0 Å². The summed E-state index contributed by atoms with van der Waals surface area (Å²) >= 11 is 0. The highest BCUT2D eigenvalue weighted by Gasteiger charge is 2.21. The van der Waals surface area contributed by atoms with E-state index in [1.165, 1.54) is 0 Å². The predicted octanol–water partition coefficient (Wildman–Crippen LogP) is 2.91. The number of fused-ring (bicyclic) bond motifs is 2. The van der Waals surface area contributed by atoms with Gasteiger partial charge in [0.05, 0.1) is 12.0 Å². The number of benzene rings is 1. The van der Waals surface area contributed by atoms with Crippen molar-refractivity contribution in [2.24, 2.45) is 0 Å². The van der Waals surface area contributed by atoms with E-state index in [9.17, 15) is 9.59 Å². The van der Waals surface area contributed by atoms with Gasteiger partial charge >= 0.3 is 5.97 Å². The molecular weight excluding hydrogens is 284 g/mol. The second-order valence-electron chi connectivity index (χ2n) is 5.49. The Balaban J connectivity index is 2.32. The van der Waals surface area contributed by atoms with Gasteiger partial charge in [0.1, 0.15) is 5.58 Å². The fourth-order valence-electron chi connectivity index (χ4n) is 3.07.